The van der Waals surface area contributed by atoms with E-state index in [0.717, 1.165) is 13.8 Å². The van der Waals surface area contributed by atoms with Crippen molar-refractivity contribution in [3.8, 4) is 0 Å². The zero-order valence-electron chi connectivity index (χ0n) is 16.6. The molecule has 14 nitrogen and oxygen atoms in total. The smallest absolute Gasteiger partial charge is 0.328 e. The molecule has 0 aliphatic carbocycles. The predicted octanol–water partition coefficient (Wildman–Crippen LogP) is -5.13. The average molecular weight is 435 g/mol. The van der Waals surface area contributed by atoms with E-state index in [1.807, 2.05) is 5.32 Å². The van der Waals surface area contributed by atoms with Crippen LogP contribution in [0.1, 0.15) is 26.7 Å². The summed E-state index contributed by atoms with van der Waals surface area (Å²) in [6.07, 6.45) is -3.24. The van der Waals surface area contributed by atoms with Gasteiger partial charge >= 0.3 is 5.97 Å². The van der Waals surface area contributed by atoms with Gasteiger partial charge in [0.25, 0.3) is 0 Å². The molecule has 0 aromatic rings. The van der Waals surface area contributed by atoms with Crippen molar-refractivity contribution in [1.29, 1.82) is 0 Å². The van der Waals surface area contributed by atoms with Crippen LogP contribution in [-0.4, -0.2) is 93.0 Å². The highest BCUT2D eigenvalue weighted by atomic mass is 16.4. The Kier molecular flexibility index (Phi) is 11.5. The second-order valence-electron chi connectivity index (χ2n) is 6.65. The Morgan fingerprint density at radius 3 is 1.77 bits per heavy atom. The fourth-order valence-corrected chi connectivity index (χ4v) is 2.19. The number of carboxylic acid groups (broad SMARTS) is 1. The van der Waals surface area contributed by atoms with Crippen molar-refractivity contribution in [2.45, 2.75) is 63.1 Å². The summed E-state index contributed by atoms with van der Waals surface area (Å²) in [7, 11) is 0. The van der Waals surface area contributed by atoms with Crippen molar-refractivity contribution < 1.29 is 44.4 Å². The Morgan fingerprint density at radius 1 is 0.867 bits per heavy atom. The molecule has 0 bridgehead atoms. The number of nitrogens with two attached hydrogens (primary N) is 2. The van der Waals surface area contributed by atoms with Crippen LogP contribution < -0.4 is 27.4 Å². The molecule has 172 valence electrons. The lowest BCUT2D eigenvalue weighted by Crippen LogP contribution is -2.61. The first kappa shape index (κ1) is 27.2. The number of aliphatic carboxylic acids is 1. The molecule has 0 aromatic heterocycles. The second kappa shape index (κ2) is 12.7. The Hall–Kier alpha value is -2.81. The van der Waals surface area contributed by atoms with Crippen molar-refractivity contribution in [2.75, 3.05) is 6.61 Å². The normalized spacial score (nSPS) is 16.9. The summed E-state index contributed by atoms with van der Waals surface area (Å²) in [5.41, 5.74) is 10.5. The quantitative estimate of drug-likeness (QED) is 0.133. The zero-order valence-corrected chi connectivity index (χ0v) is 16.6. The van der Waals surface area contributed by atoms with E-state index in [1.54, 1.807) is 0 Å². The molecule has 0 rings (SSSR count). The molecule has 0 spiro atoms. The van der Waals surface area contributed by atoms with Gasteiger partial charge in [-0.2, -0.15) is 0 Å². The lowest BCUT2D eigenvalue weighted by Gasteiger charge is -2.26. The van der Waals surface area contributed by atoms with Crippen LogP contribution in [0.15, 0.2) is 0 Å². The molecule has 0 heterocycles. The first-order valence-corrected chi connectivity index (χ1v) is 8.96. The van der Waals surface area contributed by atoms with E-state index in [9.17, 15) is 39.3 Å². The summed E-state index contributed by atoms with van der Waals surface area (Å²) < 4.78 is 0. The average Bonchev–Trinajstić information content (AvgIpc) is 2.64. The summed E-state index contributed by atoms with van der Waals surface area (Å²) >= 11 is 0. The van der Waals surface area contributed by atoms with Crippen LogP contribution in [0.3, 0.4) is 0 Å². The van der Waals surface area contributed by atoms with Crippen LogP contribution in [0.2, 0.25) is 0 Å². The maximum Gasteiger partial charge on any atom is 0.328 e. The molecule has 0 saturated carbocycles. The number of hydrogen-bond donors (Lipinski definition) is 9. The lowest BCUT2D eigenvalue weighted by molar-refractivity contribution is -0.146. The summed E-state index contributed by atoms with van der Waals surface area (Å²) in [6.45, 7) is 1.36. The van der Waals surface area contributed by atoms with E-state index in [0.29, 0.717) is 0 Å². The molecule has 6 unspecified atom stereocenters. The van der Waals surface area contributed by atoms with Gasteiger partial charge in [-0.25, -0.2) is 4.79 Å². The summed E-state index contributed by atoms with van der Waals surface area (Å²) in [5.74, 6) is -5.29. The third-order valence-electron chi connectivity index (χ3n) is 3.96. The molecule has 0 saturated heterocycles. The third kappa shape index (κ3) is 9.13. The van der Waals surface area contributed by atoms with Crippen molar-refractivity contribution in [3.05, 3.63) is 0 Å². The van der Waals surface area contributed by atoms with Gasteiger partial charge in [0, 0.05) is 6.42 Å². The second-order valence-corrected chi connectivity index (χ2v) is 6.65. The minimum Gasteiger partial charge on any atom is -0.480 e. The number of hydrogen-bond acceptors (Lipinski definition) is 9. The van der Waals surface area contributed by atoms with Crippen LogP contribution in [0.25, 0.3) is 0 Å². The fourth-order valence-electron chi connectivity index (χ4n) is 2.19. The van der Waals surface area contributed by atoms with Crippen molar-refractivity contribution >= 4 is 29.6 Å². The molecular formula is C16H29N5O9. The summed E-state index contributed by atoms with van der Waals surface area (Å²) in [5, 5.41) is 43.7. The van der Waals surface area contributed by atoms with Crippen LogP contribution >= 0.6 is 0 Å². The van der Waals surface area contributed by atoms with E-state index in [-0.39, 0.29) is 12.8 Å². The van der Waals surface area contributed by atoms with Gasteiger partial charge in [0.1, 0.15) is 12.1 Å². The van der Waals surface area contributed by atoms with Gasteiger partial charge < -0.3 is 47.8 Å². The molecule has 0 radical (unpaired) electrons. The lowest BCUT2D eigenvalue weighted by atomic mass is 10.1. The number of amides is 4. The first-order valence-electron chi connectivity index (χ1n) is 8.96. The molecular weight excluding hydrogens is 406 g/mol. The van der Waals surface area contributed by atoms with Gasteiger partial charge in [0.05, 0.1) is 24.9 Å². The van der Waals surface area contributed by atoms with Crippen molar-refractivity contribution in [1.82, 2.24) is 16.0 Å². The predicted molar refractivity (Wildman–Crippen MR) is 100 cm³/mol. The van der Waals surface area contributed by atoms with E-state index in [2.05, 4.69) is 10.6 Å². The Morgan fingerprint density at radius 2 is 1.37 bits per heavy atom. The Balaban J connectivity index is 5.13. The van der Waals surface area contributed by atoms with Gasteiger partial charge in [-0.3, -0.25) is 19.2 Å². The molecule has 4 amide bonds. The van der Waals surface area contributed by atoms with Gasteiger partial charge in [-0.1, -0.05) is 0 Å². The van der Waals surface area contributed by atoms with Gasteiger partial charge in [0.15, 0.2) is 6.04 Å². The number of nitrogens with one attached hydrogen (secondary N) is 3. The van der Waals surface area contributed by atoms with Gasteiger partial charge in [-0.15, -0.1) is 0 Å². The number of carboxylic acids is 1. The standard InChI is InChI=1S/C16H29N5O9/c1-6(23)11(15(28)21-12(7(2)24)16(29)30)20-14(27)9(5-22)19-13(26)8(17)3-4-10(18)25/h6-9,11-12,22-24H,3-5,17H2,1-2H3,(H2,18,25)(H,19,26)(H,20,27)(H,21,28)(H,29,30). The number of primary amides is 1. The van der Waals surface area contributed by atoms with Crippen LogP contribution in [0.4, 0.5) is 0 Å². The van der Waals surface area contributed by atoms with Crippen LogP contribution in [0, 0.1) is 0 Å². The number of aliphatic hydroxyl groups is 3. The molecule has 0 fully saturated rings. The SMILES string of the molecule is CC(O)C(NC(=O)C(NC(=O)C(CO)NC(=O)C(N)CCC(N)=O)C(C)O)C(=O)O. The molecule has 11 N–H and O–H groups in total. The maximum absolute atomic E-state index is 12.3. The highest BCUT2D eigenvalue weighted by molar-refractivity contribution is 5.94. The maximum atomic E-state index is 12.3. The van der Waals surface area contributed by atoms with Crippen molar-refractivity contribution in [3.63, 3.8) is 0 Å². The molecule has 30 heavy (non-hydrogen) atoms. The van der Waals surface area contributed by atoms with E-state index < -0.39 is 72.6 Å². The van der Waals surface area contributed by atoms with Crippen molar-refractivity contribution in [2.24, 2.45) is 11.5 Å². The molecule has 0 aliphatic heterocycles. The minimum atomic E-state index is -1.70. The summed E-state index contributed by atoms with van der Waals surface area (Å²) in [6, 6.07) is -6.12. The molecule has 14 heteroatoms. The van der Waals surface area contributed by atoms with Crippen LogP contribution in [0.5, 0.6) is 0 Å². The zero-order chi connectivity index (χ0) is 23.6. The highest BCUT2D eigenvalue weighted by Crippen LogP contribution is 2.01. The molecule has 6 atom stereocenters. The van der Waals surface area contributed by atoms with E-state index >= 15 is 0 Å². The number of aliphatic hydroxyl groups excluding tert-OH is 3. The Bertz CT molecular complexity index is 641. The number of rotatable bonds is 13. The van der Waals surface area contributed by atoms with E-state index in [1.165, 1.54) is 0 Å². The topological polar surface area (TPSA) is 254 Å². The minimum absolute atomic E-state index is 0.102. The first-order chi connectivity index (χ1) is 13.8. The third-order valence-corrected chi connectivity index (χ3v) is 3.96. The van der Waals surface area contributed by atoms with E-state index in [4.69, 9.17) is 16.6 Å². The Labute approximate surface area is 172 Å². The fraction of sp³-hybridized carbons (Fsp3) is 0.688. The molecule has 0 aliphatic rings. The highest BCUT2D eigenvalue weighted by Gasteiger charge is 2.33. The number of carbonyl (C=O) groups excluding carboxylic acids is 4. The van der Waals surface area contributed by atoms with Crippen LogP contribution in [-0.2, 0) is 24.0 Å². The largest absolute Gasteiger partial charge is 0.480 e. The van der Waals surface area contributed by atoms with Gasteiger partial charge in [-0.05, 0) is 20.3 Å². The monoisotopic (exact) mass is 435 g/mol. The summed E-state index contributed by atoms with van der Waals surface area (Å²) in [4.78, 5) is 58.4. The van der Waals surface area contributed by atoms with Gasteiger partial charge in [0.2, 0.25) is 23.6 Å². The molecule has 0 aromatic carbocycles. The number of carbonyl (C=O) groups is 5.